The number of rotatable bonds is 7. The normalized spacial score (nSPS) is 12.8. The highest BCUT2D eigenvalue weighted by Gasteiger charge is 2.27. The maximum Gasteiger partial charge on any atom is 0.224 e. The summed E-state index contributed by atoms with van der Waals surface area (Å²) in [7, 11) is 1.87. The van der Waals surface area contributed by atoms with Gasteiger partial charge in [-0.25, -0.2) is 0 Å². The van der Waals surface area contributed by atoms with Crippen molar-refractivity contribution in [3.63, 3.8) is 0 Å². The van der Waals surface area contributed by atoms with E-state index in [1.54, 1.807) is 0 Å². The Labute approximate surface area is 106 Å². The number of amides is 1. The molecule has 1 unspecified atom stereocenters. The molecule has 0 aromatic carbocycles. The maximum absolute atomic E-state index is 11.9. The fourth-order valence-electron chi connectivity index (χ4n) is 1.80. The molecule has 1 amide bonds. The summed E-state index contributed by atoms with van der Waals surface area (Å²) in [5.41, 5.74) is -0.000908. The Morgan fingerprint density at radius 2 is 1.62 bits per heavy atom. The lowest BCUT2D eigenvalue weighted by molar-refractivity contribution is -0.126. The SMILES string of the molecule is CCC(CC)(CC)NC(=O)C(C)CNC.Cl. The van der Waals surface area contributed by atoms with E-state index in [0.717, 1.165) is 25.8 Å². The summed E-state index contributed by atoms with van der Waals surface area (Å²) >= 11 is 0. The average molecular weight is 251 g/mol. The van der Waals surface area contributed by atoms with Crippen molar-refractivity contribution >= 4 is 18.3 Å². The van der Waals surface area contributed by atoms with Gasteiger partial charge in [0.25, 0.3) is 0 Å². The van der Waals surface area contributed by atoms with Crippen molar-refractivity contribution in [2.45, 2.75) is 52.5 Å². The van der Waals surface area contributed by atoms with Gasteiger partial charge in [0.15, 0.2) is 0 Å². The molecule has 0 fully saturated rings. The van der Waals surface area contributed by atoms with Crippen LogP contribution in [0.3, 0.4) is 0 Å². The third kappa shape index (κ3) is 5.17. The molecule has 0 aliphatic heterocycles. The van der Waals surface area contributed by atoms with E-state index < -0.39 is 0 Å². The highest BCUT2D eigenvalue weighted by Crippen LogP contribution is 2.19. The Hall–Kier alpha value is -0.280. The molecule has 0 aliphatic carbocycles. The van der Waals surface area contributed by atoms with E-state index in [4.69, 9.17) is 0 Å². The van der Waals surface area contributed by atoms with Gasteiger partial charge in [-0.05, 0) is 26.3 Å². The molecule has 0 aromatic heterocycles. The van der Waals surface area contributed by atoms with Gasteiger partial charge in [-0.1, -0.05) is 27.7 Å². The molecule has 4 heteroatoms. The van der Waals surface area contributed by atoms with Crippen molar-refractivity contribution < 1.29 is 4.79 Å². The van der Waals surface area contributed by atoms with Crippen LogP contribution < -0.4 is 10.6 Å². The van der Waals surface area contributed by atoms with Crippen molar-refractivity contribution in [2.24, 2.45) is 5.92 Å². The Kier molecular flexibility index (Phi) is 9.98. The van der Waals surface area contributed by atoms with Gasteiger partial charge < -0.3 is 10.6 Å². The first-order chi connectivity index (χ1) is 7.05. The van der Waals surface area contributed by atoms with Gasteiger partial charge >= 0.3 is 0 Å². The summed E-state index contributed by atoms with van der Waals surface area (Å²) in [6, 6.07) is 0. The van der Waals surface area contributed by atoms with Crippen molar-refractivity contribution in [3.05, 3.63) is 0 Å². The fourth-order valence-corrected chi connectivity index (χ4v) is 1.80. The van der Waals surface area contributed by atoms with Crippen molar-refractivity contribution in [2.75, 3.05) is 13.6 Å². The molecular weight excluding hydrogens is 224 g/mol. The van der Waals surface area contributed by atoms with E-state index in [2.05, 4.69) is 31.4 Å². The lowest BCUT2D eigenvalue weighted by Crippen LogP contribution is -2.50. The highest BCUT2D eigenvalue weighted by molar-refractivity contribution is 5.85. The largest absolute Gasteiger partial charge is 0.350 e. The molecule has 1 atom stereocenters. The topological polar surface area (TPSA) is 41.1 Å². The molecule has 0 aromatic rings. The van der Waals surface area contributed by atoms with Gasteiger partial charge in [0.05, 0.1) is 0 Å². The van der Waals surface area contributed by atoms with E-state index in [1.165, 1.54) is 0 Å². The predicted molar refractivity (Wildman–Crippen MR) is 72.1 cm³/mol. The number of hydrogen-bond acceptors (Lipinski definition) is 2. The molecule has 98 valence electrons. The minimum atomic E-state index is -0.000908. The van der Waals surface area contributed by atoms with Gasteiger partial charge in [0.2, 0.25) is 5.91 Å². The second-order valence-electron chi connectivity index (χ2n) is 4.29. The molecule has 0 rings (SSSR count). The van der Waals surface area contributed by atoms with Crippen molar-refractivity contribution in [1.82, 2.24) is 10.6 Å². The Balaban J connectivity index is 0. The molecule has 2 N–H and O–H groups in total. The smallest absolute Gasteiger partial charge is 0.224 e. The summed E-state index contributed by atoms with van der Waals surface area (Å²) in [5, 5.41) is 6.21. The summed E-state index contributed by atoms with van der Waals surface area (Å²) < 4.78 is 0. The monoisotopic (exact) mass is 250 g/mol. The fraction of sp³-hybridized carbons (Fsp3) is 0.917. The summed E-state index contributed by atoms with van der Waals surface area (Å²) in [4.78, 5) is 11.9. The van der Waals surface area contributed by atoms with Crippen LogP contribution in [0.2, 0.25) is 0 Å². The minimum absolute atomic E-state index is 0. The number of carbonyl (C=O) groups excluding carboxylic acids is 1. The molecule has 0 radical (unpaired) electrons. The van der Waals surface area contributed by atoms with Crippen LogP contribution in [0.4, 0.5) is 0 Å². The van der Waals surface area contributed by atoms with Crippen molar-refractivity contribution in [3.8, 4) is 0 Å². The third-order valence-corrected chi connectivity index (χ3v) is 3.38. The first-order valence-electron chi connectivity index (χ1n) is 6.01. The van der Waals surface area contributed by atoms with Gasteiger partial charge in [-0.2, -0.15) is 0 Å². The second kappa shape index (κ2) is 8.82. The molecule has 0 saturated carbocycles. The van der Waals surface area contributed by atoms with Crippen LogP contribution in [0.1, 0.15) is 47.0 Å². The number of nitrogens with one attached hydrogen (secondary N) is 2. The number of carbonyl (C=O) groups is 1. The van der Waals surface area contributed by atoms with Crippen LogP contribution in [0.5, 0.6) is 0 Å². The molecule has 0 heterocycles. The third-order valence-electron chi connectivity index (χ3n) is 3.38. The summed E-state index contributed by atoms with van der Waals surface area (Å²) in [6.45, 7) is 9.10. The van der Waals surface area contributed by atoms with Crippen LogP contribution >= 0.6 is 12.4 Å². The first-order valence-corrected chi connectivity index (χ1v) is 6.01. The van der Waals surface area contributed by atoms with Crippen LogP contribution in [-0.2, 0) is 4.79 Å². The zero-order chi connectivity index (χ0) is 11.9. The number of hydrogen-bond donors (Lipinski definition) is 2. The van der Waals surface area contributed by atoms with E-state index in [0.29, 0.717) is 0 Å². The first kappa shape index (κ1) is 18.1. The second-order valence-corrected chi connectivity index (χ2v) is 4.29. The van der Waals surface area contributed by atoms with E-state index in [9.17, 15) is 4.79 Å². The quantitative estimate of drug-likeness (QED) is 0.728. The molecule has 16 heavy (non-hydrogen) atoms. The molecule has 0 saturated heterocycles. The standard InChI is InChI=1S/C12H26N2O.ClH/c1-6-12(7-2,8-3)14-11(15)10(4)9-13-5;/h10,13H,6-9H2,1-5H3,(H,14,15);1H. The molecular formula is C12H27ClN2O. The van der Waals surface area contributed by atoms with Crippen LogP contribution in [0.15, 0.2) is 0 Å². The van der Waals surface area contributed by atoms with E-state index in [-0.39, 0.29) is 29.8 Å². The molecule has 0 aliphatic rings. The average Bonchev–Trinajstić information content (AvgIpc) is 2.26. The van der Waals surface area contributed by atoms with Crippen LogP contribution in [0.25, 0.3) is 0 Å². The minimum Gasteiger partial charge on any atom is -0.350 e. The molecule has 0 bridgehead atoms. The Morgan fingerprint density at radius 3 is 1.94 bits per heavy atom. The predicted octanol–water partition coefficient (Wildman–Crippen LogP) is 2.35. The van der Waals surface area contributed by atoms with Gasteiger partial charge in [-0.15, -0.1) is 12.4 Å². The lowest BCUT2D eigenvalue weighted by atomic mass is 9.89. The van der Waals surface area contributed by atoms with Crippen LogP contribution in [0, 0.1) is 5.92 Å². The summed E-state index contributed by atoms with van der Waals surface area (Å²) in [6.07, 6.45) is 2.99. The Morgan fingerprint density at radius 1 is 1.19 bits per heavy atom. The Bertz CT molecular complexity index is 185. The maximum atomic E-state index is 11.9. The van der Waals surface area contributed by atoms with E-state index in [1.807, 2.05) is 14.0 Å². The van der Waals surface area contributed by atoms with Gasteiger partial charge in [0, 0.05) is 18.0 Å². The zero-order valence-corrected chi connectivity index (χ0v) is 12.0. The zero-order valence-electron chi connectivity index (χ0n) is 11.2. The van der Waals surface area contributed by atoms with Crippen molar-refractivity contribution in [1.29, 1.82) is 0 Å². The molecule has 3 nitrogen and oxygen atoms in total. The van der Waals surface area contributed by atoms with E-state index >= 15 is 0 Å². The number of halogens is 1. The van der Waals surface area contributed by atoms with Crippen LogP contribution in [-0.4, -0.2) is 25.0 Å². The highest BCUT2D eigenvalue weighted by atomic mass is 35.5. The lowest BCUT2D eigenvalue weighted by Gasteiger charge is -2.33. The molecule has 0 spiro atoms. The summed E-state index contributed by atoms with van der Waals surface area (Å²) in [5.74, 6) is 0.203. The van der Waals surface area contributed by atoms with Gasteiger partial charge in [0.1, 0.15) is 0 Å². The van der Waals surface area contributed by atoms with Gasteiger partial charge in [-0.3, -0.25) is 4.79 Å².